The summed E-state index contributed by atoms with van der Waals surface area (Å²) in [7, 11) is 7.87. The van der Waals surface area contributed by atoms with Crippen molar-refractivity contribution in [2.24, 2.45) is 5.10 Å². The van der Waals surface area contributed by atoms with E-state index in [1.165, 1.54) is 11.3 Å². The van der Waals surface area contributed by atoms with Crippen LogP contribution in [0.5, 0.6) is 0 Å². The van der Waals surface area contributed by atoms with Gasteiger partial charge in [-0.25, -0.2) is 0 Å². The number of hydrazone groups is 1. The van der Waals surface area contributed by atoms with Gasteiger partial charge < -0.3 is 9.91 Å². The lowest BCUT2D eigenvalue weighted by Crippen LogP contribution is -2.07. The first-order valence-corrected chi connectivity index (χ1v) is 5.25. The van der Waals surface area contributed by atoms with Crippen LogP contribution < -0.4 is 4.90 Å². The van der Waals surface area contributed by atoms with Crippen molar-refractivity contribution in [3.8, 4) is 0 Å². The molecule has 1 aromatic carbocycles. The summed E-state index contributed by atoms with van der Waals surface area (Å²) < 4.78 is 0. The third kappa shape index (κ3) is 6.74. The molecule has 102 valence electrons. The van der Waals surface area contributed by atoms with Crippen molar-refractivity contribution in [3.63, 3.8) is 0 Å². The van der Waals surface area contributed by atoms with Gasteiger partial charge in [-0.05, 0) is 23.8 Å². The first-order valence-electron chi connectivity index (χ1n) is 5.25. The zero-order valence-electron chi connectivity index (χ0n) is 10.4. The number of hydrogen-bond acceptors (Lipinski definition) is 3. The van der Waals surface area contributed by atoms with E-state index in [0.29, 0.717) is 0 Å². The molecule has 0 bridgehead atoms. The molecule has 0 heterocycles. The normalized spacial score (nSPS) is 10.0. The fourth-order valence-corrected chi connectivity index (χ4v) is 1.21. The van der Waals surface area contributed by atoms with E-state index in [9.17, 15) is 0 Å². The summed E-state index contributed by atoms with van der Waals surface area (Å²) in [4.78, 5) is 2.08. The molecule has 0 atom stereocenters. The second kappa shape index (κ2) is 9.28. The van der Waals surface area contributed by atoms with Crippen molar-refractivity contribution in [2.75, 3.05) is 33.1 Å². The molecule has 0 fully saturated rings. The second-order valence-electron chi connectivity index (χ2n) is 3.96. The monoisotopic (exact) mass is 249 g/mol. The summed E-state index contributed by atoms with van der Waals surface area (Å²) >= 11 is 0. The smallest absolute Gasteiger partial charge is 0.0470 e. The van der Waals surface area contributed by atoms with E-state index in [1.54, 1.807) is 11.2 Å². The zero-order chi connectivity index (χ0) is 12.0. The van der Waals surface area contributed by atoms with Gasteiger partial charge in [-0.2, -0.15) is 5.10 Å². The molecule has 0 aromatic heterocycles. The largest absolute Gasteiger partial charge is 0.378 e. The van der Waals surface area contributed by atoms with Gasteiger partial charge in [0.2, 0.25) is 0 Å². The molecule has 0 radical (unpaired) electrons. The summed E-state index contributed by atoms with van der Waals surface area (Å²) in [5.74, 6) is 0. The quantitative estimate of drug-likeness (QED) is 0.600. The minimum atomic E-state index is 0. The predicted octanol–water partition coefficient (Wildman–Crippen LogP) is 3.59. The SMILES string of the molecule is C.C.CN(C)N=CC=Cc1ccc(N(C)C)cc1. The summed E-state index contributed by atoms with van der Waals surface area (Å²) in [6.45, 7) is 0. The van der Waals surface area contributed by atoms with Gasteiger partial charge in [-0.15, -0.1) is 0 Å². The molecule has 0 spiro atoms. The van der Waals surface area contributed by atoms with Crippen molar-refractivity contribution in [1.29, 1.82) is 0 Å². The van der Waals surface area contributed by atoms with Crippen molar-refractivity contribution in [3.05, 3.63) is 35.9 Å². The Labute approximate surface area is 112 Å². The molecule has 0 saturated heterocycles. The summed E-state index contributed by atoms with van der Waals surface area (Å²) in [5.41, 5.74) is 2.38. The van der Waals surface area contributed by atoms with Crippen LogP contribution in [0, 0.1) is 0 Å². The van der Waals surface area contributed by atoms with Crippen molar-refractivity contribution in [1.82, 2.24) is 5.01 Å². The van der Waals surface area contributed by atoms with Crippen LogP contribution in [0.3, 0.4) is 0 Å². The Morgan fingerprint density at radius 2 is 1.50 bits per heavy atom. The number of allylic oxidation sites excluding steroid dienone is 1. The van der Waals surface area contributed by atoms with Crippen LogP contribution in [0.1, 0.15) is 20.4 Å². The first-order chi connectivity index (χ1) is 7.59. The van der Waals surface area contributed by atoms with Gasteiger partial charge in [0, 0.05) is 40.1 Å². The number of nitrogens with zero attached hydrogens (tertiary/aromatic N) is 3. The van der Waals surface area contributed by atoms with Gasteiger partial charge in [0.15, 0.2) is 0 Å². The van der Waals surface area contributed by atoms with E-state index in [2.05, 4.69) is 34.3 Å². The lowest BCUT2D eigenvalue weighted by atomic mass is 10.2. The highest BCUT2D eigenvalue weighted by Gasteiger charge is 1.92. The Kier molecular flexibility index (Phi) is 9.58. The number of hydrogen-bond donors (Lipinski definition) is 0. The maximum absolute atomic E-state index is 4.10. The highest BCUT2D eigenvalue weighted by Crippen LogP contribution is 2.12. The Hall–Kier alpha value is -1.77. The molecule has 0 aliphatic rings. The molecular formula is C15H27N3. The number of anilines is 1. The van der Waals surface area contributed by atoms with Gasteiger partial charge in [0.25, 0.3) is 0 Å². The summed E-state index contributed by atoms with van der Waals surface area (Å²) in [5, 5.41) is 5.86. The Morgan fingerprint density at radius 1 is 0.944 bits per heavy atom. The molecule has 1 rings (SSSR count). The average molecular weight is 249 g/mol. The third-order valence-electron chi connectivity index (χ3n) is 2.08. The molecular weight excluding hydrogens is 222 g/mol. The third-order valence-corrected chi connectivity index (χ3v) is 2.08. The fraction of sp³-hybridized carbons (Fsp3) is 0.400. The van der Waals surface area contributed by atoms with Gasteiger partial charge >= 0.3 is 0 Å². The minimum absolute atomic E-state index is 0. The maximum atomic E-state index is 4.10. The molecule has 0 amide bonds. The van der Waals surface area contributed by atoms with Crippen LogP contribution in [0.4, 0.5) is 5.69 Å². The average Bonchev–Trinajstić information content (AvgIpc) is 2.25. The molecule has 1 aromatic rings. The number of rotatable bonds is 4. The maximum Gasteiger partial charge on any atom is 0.0470 e. The van der Waals surface area contributed by atoms with Crippen LogP contribution in [-0.2, 0) is 0 Å². The molecule has 18 heavy (non-hydrogen) atoms. The molecule has 0 N–H and O–H groups in total. The highest BCUT2D eigenvalue weighted by molar-refractivity contribution is 5.78. The Balaban J connectivity index is 0. The number of benzene rings is 1. The van der Waals surface area contributed by atoms with Crippen LogP contribution in [0.25, 0.3) is 6.08 Å². The van der Waals surface area contributed by atoms with Gasteiger partial charge in [0.1, 0.15) is 0 Å². The van der Waals surface area contributed by atoms with E-state index in [0.717, 1.165) is 0 Å². The van der Waals surface area contributed by atoms with Crippen LogP contribution >= 0.6 is 0 Å². The Morgan fingerprint density at radius 3 is 1.94 bits per heavy atom. The molecule has 3 nitrogen and oxygen atoms in total. The molecule has 0 unspecified atom stereocenters. The van der Waals surface area contributed by atoms with Gasteiger partial charge in [-0.3, -0.25) is 0 Å². The van der Waals surface area contributed by atoms with Crippen molar-refractivity contribution in [2.45, 2.75) is 14.9 Å². The zero-order valence-corrected chi connectivity index (χ0v) is 10.4. The van der Waals surface area contributed by atoms with E-state index in [1.807, 2.05) is 40.3 Å². The van der Waals surface area contributed by atoms with E-state index in [4.69, 9.17) is 0 Å². The van der Waals surface area contributed by atoms with Crippen LogP contribution in [0.15, 0.2) is 35.4 Å². The lowest BCUT2D eigenvalue weighted by Gasteiger charge is -2.11. The Bertz CT molecular complexity index is 362. The van der Waals surface area contributed by atoms with Crippen LogP contribution in [-0.4, -0.2) is 39.4 Å². The second-order valence-corrected chi connectivity index (χ2v) is 3.96. The van der Waals surface area contributed by atoms with Crippen molar-refractivity contribution < 1.29 is 0 Å². The molecule has 0 aliphatic heterocycles. The van der Waals surface area contributed by atoms with Crippen LogP contribution in [0.2, 0.25) is 0 Å². The topological polar surface area (TPSA) is 18.8 Å². The fourth-order valence-electron chi connectivity index (χ4n) is 1.21. The van der Waals surface area contributed by atoms with E-state index in [-0.39, 0.29) is 14.9 Å². The van der Waals surface area contributed by atoms with Gasteiger partial charge in [-0.1, -0.05) is 33.1 Å². The summed E-state index contributed by atoms with van der Waals surface area (Å²) in [6.07, 6.45) is 5.75. The lowest BCUT2D eigenvalue weighted by molar-refractivity contribution is 0.440. The molecule has 0 saturated carbocycles. The predicted molar refractivity (Wildman–Crippen MR) is 85.4 cm³/mol. The summed E-state index contributed by atoms with van der Waals surface area (Å²) in [6, 6.07) is 8.39. The molecule has 0 aliphatic carbocycles. The van der Waals surface area contributed by atoms with Crippen molar-refractivity contribution >= 4 is 18.0 Å². The standard InChI is InChI=1S/C13H19N3.2CH4/c1-15(2)13-9-7-12(8-10-13)6-5-11-14-16(3)4;;/h5-11H,1-4H3;2*1H4. The van der Waals surface area contributed by atoms with E-state index >= 15 is 0 Å². The highest BCUT2D eigenvalue weighted by atomic mass is 15.4. The minimum Gasteiger partial charge on any atom is -0.378 e. The molecule has 3 heteroatoms. The van der Waals surface area contributed by atoms with E-state index < -0.39 is 0 Å². The van der Waals surface area contributed by atoms with Gasteiger partial charge in [0.05, 0.1) is 0 Å². The first kappa shape index (κ1) is 18.6.